The lowest BCUT2D eigenvalue weighted by Gasteiger charge is -2.31. The predicted molar refractivity (Wildman–Crippen MR) is 77.9 cm³/mol. The molecule has 0 saturated heterocycles. The van der Waals surface area contributed by atoms with E-state index in [9.17, 15) is 4.79 Å². The number of esters is 1. The monoisotopic (exact) mass is 270 g/mol. The van der Waals surface area contributed by atoms with Gasteiger partial charge in [-0.3, -0.25) is 4.79 Å². The van der Waals surface area contributed by atoms with Crippen molar-refractivity contribution in [3.63, 3.8) is 0 Å². The van der Waals surface area contributed by atoms with Crippen molar-refractivity contribution in [2.45, 2.75) is 65.0 Å². The molecule has 1 saturated carbocycles. The van der Waals surface area contributed by atoms with Crippen LogP contribution < -0.4 is 5.73 Å². The Bertz CT molecular complexity index is 296. The van der Waals surface area contributed by atoms with Crippen LogP contribution in [0.1, 0.15) is 53.4 Å². The first-order chi connectivity index (χ1) is 8.96. The van der Waals surface area contributed by atoms with Crippen LogP contribution in [0.5, 0.6) is 0 Å². The molecular formula is C15H30N2O2. The van der Waals surface area contributed by atoms with Gasteiger partial charge in [0.15, 0.2) is 0 Å². The molecule has 19 heavy (non-hydrogen) atoms. The molecule has 0 heterocycles. The minimum Gasteiger partial charge on any atom is -0.465 e. The first-order valence-electron chi connectivity index (χ1n) is 7.67. The Kier molecular flexibility index (Phi) is 6.27. The highest BCUT2D eigenvalue weighted by atomic mass is 16.5. The number of ether oxygens (including phenoxy) is 1. The van der Waals surface area contributed by atoms with Gasteiger partial charge < -0.3 is 15.4 Å². The molecule has 0 aromatic rings. The van der Waals surface area contributed by atoms with E-state index in [1.165, 1.54) is 6.42 Å². The molecule has 0 amide bonds. The second kappa shape index (κ2) is 7.25. The fourth-order valence-corrected chi connectivity index (χ4v) is 2.89. The summed E-state index contributed by atoms with van der Waals surface area (Å²) in [6.07, 6.45) is 3.66. The summed E-state index contributed by atoms with van der Waals surface area (Å²) < 4.78 is 5.11. The summed E-state index contributed by atoms with van der Waals surface area (Å²) in [5.74, 6) is 0.465. The summed E-state index contributed by atoms with van der Waals surface area (Å²) in [7, 11) is 0. The lowest BCUT2D eigenvalue weighted by Crippen LogP contribution is -2.48. The topological polar surface area (TPSA) is 55.6 Å². The van der Waals surface area contributed by atoms with E-state index < -0.39 is 5.54 Å². The Labute approximate surface area is 117 Å². The summed E-state index contributed by atoms with van der Waals surface area (Å²) in [4.78, 5) is 14.4. The van der Waals surface area contributed by atoms with Crippen LogP contribution in [0.2, 0.25) is 0 Å². The number of nitrogens with zero attached hydrogens (tertiary/aromatic N) is 1. The number of rotatable bonds is 7. The standard InChI is InChI=1S/C15H30N2O2/c1-5-12(4)11-17(6-2)13-8-9-15(16,10-13)14(18)19-7-3/h12-13H,5-11,16H2,1-4H3. The van der Waals surface area contributed by atoms with Crippen molar-refractivity contribution in [3.05, 3.63) is 0 Å². The van der Waals surface area contributed by atoms with Crippen molar-refractivity contribution in [2.75, 3.05) is 19.7 Å². The van der Waals surface area contributed by atoms with E-state index in [4.69, 9.17) is 10.5 Å². The molecule has 1 fully saturated rings. The van der Waals surface area contributed by atoms with Crippen LogP contribution in [0, 0.1) is 5.92 Å². The van der Waals surface area contributed by atoms with Gasteiger partial charge >= 0.3 is 5.97 Å². The molecule has 4 heteroatoms. The van der Waals surface area contributed by atoms with Crippen LogP contribution in [-0.2, 0) is 9.53 Å². The number of hydrogen-bond acceptors (Lipinski definition) is 4. The van der Waals surface area contributed by atoms with Gasteiger partial charge in [-0.15, -0.1) is 0 Å². The quantitative estimate of drug-likeness (QED) is 0.720. The van der Waals surface area contributed by atoms with E-state index in [0.717, 1.165) is 32.4 Å². The Morgan fingerprint density at radius 3 is 2.68 bits per heavy atom. The van der Waals surface area contributed by atoms with Crippen LogP contribution >= 0.6 is 0 Å². The van der Waals surface area contributed by atoms with Gasteiger partial charge in [0.25, 0.3) is 0 Å². The Morgan fingerprint density at radius 1 is 1.47 bits per heavy atom. The van der Waals surface area contributed by atoms with E-state index in [1.54, 1.807) is 0 Å². The summed E-state index contributed by atoms with van der Waals surface area (Å²) in [6.45, 7) is 11.0. The maximum Gasteiger partial charge on any atom is 0.326 e. The minimum absolute atomic E-state index is 0.225. The van der Waals surface area contributed by atoms with Crippen molar-refractivity contribution in [1.29, 1.82) is 0 Å². The molecule has 0 spiro atoms. The first kappa shape index (κ1) is 16.4. The van der Waals surface area contributed by atoms with Gasteiger partial charge in [0, 0.05) is 12.6 Å². The van der Waals surface area contributed by atoms with Crippen LogP contribution in [0.4, 0.5) is 0 Å². The first-order valence-corrected chi connectivity index (χ1v) is 7.67. The van der Waals surface area contributed by atoms with Gasteiger partial charge in [-0.2, -0.15) is 0 Å². The third kappa shape index (κ3) is 4.18. The number of carbonyl (C=O) groups is 1. The molecule has 3 unspecified atom stereocenters. The molecule has 1 rings (SSSR count). The number of nitrogens with two attached hydrogens (primary N) is 1. The van der Waals surface area contributed by atoms with E-state index in [2.05, 4.69) is 25.7 Å². The highest BCUT2D eigenvalue weighted by Gasteiger charge is 2.44. The smallest absolute Gasteiger partial charge is 0.326 e. The zero-order chi connectivity index (χ0) is 14.5. The Morgan fingerprint density at radius 2 is 2.16 bits per heavy atom. The van der Waals surface area contributed by atoms with E-state index in [-0.39, 0.29) is 5.97 Å². The molecule has 0 radical (unpaired) electrons. The summed E-state index contributed by atoms with van der Waals surface area (Å²) in [5.41, 5.74) is 5.47. The zero-order valence-corrected chi connectivity index (χ0v) is 12.9. The zero-order valence-electron chi connectivity index (χ0n) is 12.9. The third-order valence-corrected chi connectivity index (χ3v) is 4.37. The predicted octanol–water partition coefficient (Wildman–Crippen LogP) is 2.17. The lowest BCUT2D eigenvalue weighted by atomic mass is 9.98. The van der Waals surface area contributed by atoms with Crippen molar-refractivity contribution in [2.24, 2.45) is 11.7 Å². The maximum atomic E-state index is 11.9. The van der Waals surface area contributed by atoms with E-state index in [0.29, 0.717) is 18.6 Å². The van der Waals surface area contributed by atoms with Gasteiger partial charge in [-0.25, -0.2) is 0 Å². The molecule has 0 bridgehead atoms. The summed E-state index contributed by atoms with van der Waals surface area (Å²) in [5, 5.41) is 0. The van der Waals surface area contributed by atoms with Crippen LogP contribution in [-0.4, -0.2) is 42.1 Å². The summed E-state index contributed by atoms with van der Waals surface area (Å²) in [6, 6.07) is 0.424. The van der Waals surface area contributed by atoms with Crippen LogP contribution in [0.25, 0.3) is 0 Å². The second-order valence-corrected chi connectivity index (χ2v) is 5.87. The fourth-order valence-electron chi connectivity index (χ4n) is 2.89. The fraction of sp³-hybridized carbons (Fsp3) is 0.933. The van der Waals surface area contributed by atoms with Crippen molar-refractivity contribution < 1.29 is 9.53 Å². The molecule has 0 aromatic carbocycles. The Hall–Kier alpha value is -0.610. The normalized spacial score (nSPS) is 28.6. The van der Waals surface area contributed by atoms with Gasteiger partial charge in [0.05, 0.1) is 6.61 Å². The van der Waals surface area contributed by atoms with Crippen molar-refractivity contribution in [3.8, 4) is 0 Å². The molecule has 2 N–H and O–H groups in total. The molecule has 1 aliphatic rings. The SMILES string of the molecule is CCOC(=O)C1(N)CCC(N(CC)CC(C)CC)C1. The maximum absolute atomic E-state index is 11.9. The molecule has 1 aliphatic carbocycles. The van der Waals surface area contributed by atoms with Crippen molar-refractivity contribution >= 4 is 5.97 Å². The Balaban J connectivity index is 2.60. The van der Waals surface area contributed by atoms with Gasteiger partial charge in [0.2, 0.25) is 0 Å². The van der Waals surface area contributed by atoms with Gasteiger partial charge in [-0.1, -0.05) is 27.2 Å². The third-order valence-electron chi connectivity index (χ3n) is 4.37. The second-order valence-electron chi connectivity index (χ2n) is 5.87. The molecule has 0 aliphatic heterocycles. The number of carbonyl (C=O) groups excluding carboxylic acids is 1. The van der Waals surface area contributed by atoms with Gasteiger partial charge in [0.1, 0.15) is 5.54 Å². The molecule has 112 valence electrons. The van der Waals surface area contributed by atoms with Crippen molar-refractivity contribution in [1.82, 2.24) is 4.90 Å². The summed E-state index contributed by atoms with van der Waals surface area (Å²) >= 11 is 0. The lowest BCUT2D eigenvalue weighted by molar-refractivity contribution is -0.149. The van der Waals surface area contributed by atoms with E-state index in [1.807, 2.05) is 6.92 Å². The molecule has 4 nitrogen and oxygen atoms in total. The minimum atomic E-state index is -0.760. The van der Waals surface area contributed by atoms with Crippen LogP contribution in [0.3, 0.4) is 0 Å². The molecular weight excluding hydrogens is 240 g/mol. The highest BCUT2D eigenvalue weighted by Crippen LogP contribution is 2.32. The molecule has 0 aromatic heterocycles. The largest absolute Gasteiger partial charge is 0.465 e. The average molecular weight is 270 g/mol. The molecule has 3 atom stereocenters. The van der Waals surface area contributed by atoms with Gasteiger partial charge in [-0.05, 0) is 38.6 Å². The average Bonchev–Trinajstić information content (AvgIpc) is 2.80. The number of hydrogen-bond donors (Lipinski definition) is 1. The van der Waals surface area contributed by atoms with Crippen LogP contribution in [0.15, 0.2) is 0 Å². The highest BCUT2D eigenvalue weighted by molar-refractivity contribution is 5.81. The van der Waals surface area contributed by atoms with E-state index >= 15 is 0 Å².